The van der Waals surface area contributed by atoms with Gasteiger partial charge in [0.05, 0.1) is 5.56 Å². The minimum atomic E-state index is -1.36. The minimum Gasteiger partial charge on any atom is -0.508 e. The van der Waals surface area contributed by atoms with Crippen molar-refractivity contribution in [1.29, 1.82) is 0 Å². The van der Waals surface area contributed by atoms with Crippen molar-refractivity contribution >= 4 is 41.2 Å². The first-order valence-corrected chi connectivity index (χ1v) is 15.3. The standard InChI is InChI=1S/C35H31N3O7S/c39-20-21-5-7-22(8-6-21)32(42)36-15-3-1-2-4-16-37-34(46)38-23-9-12-26-29(17-23)35(45-33(26)43)27-13-10-24(40)18-30(27)44-31-19-25(41)11-14-28(31)35/h5-14,17-20,40-41H,1-4,15-16H2,(H,36,42)(H2,37,38,46). The molecule has 1 spiro atoms. The van der Waals surface area contributed by atoms with Crippen molar-refractivity contribution in [2.45, 2.75) is 31.3 Å². The number of hydrogen-bond donors (Lipinski definition) is 5. The predicted octanol–water partition coefficient (Wildman–Crippen LogP) is 5.76. The lowest BCUT2D eigenvalue weighted by Crippen LogP contribution is -2.33. The van der Waals surface area contributed by atoms with Gasteiger partial charge in [-0.15, -0.1) is 0 Å². The van der Waals surface area contributed by atoms with Crippen LogP contribution in [0, 0.1) is 0 Å². The van der Waals surface area contributed by atoms with E-state index < -0.39 is 11.6 Å². The summed E-state index contributed by atoms with van der Waals surface area (Å²) in [4.78, 5) is 36.2. The Bertz CT molecular complexity index is 1790. The smallest absolute Gasteiger partial charge is 0.340 e. The number of aromatic hydroxyl groups is 2. The largest absolute Gasteiger partial charge is 0.508 e. The first-order chi connectivity index (χ1) is 22.3. The summed E-state index contributed by atoms with van der Waals surface area (Å²) in [5, 5.41) is 30.0. The second kappa shape index (κ2) is 12.9. The van der Waals surface area contributed by atoms with E-state index in [1.54, 1.807) is 48.5 Å². The Kier molecular flexibility index (Phi) is 8.58. The molecule has 0 bridgehead atoms. The second-order valence-electron chi connectivity index (χ2n) is 11.1. The highest BCUT2D eigenvalue weighted by molar-refractivity contribution is 7.80. The molecule has 0 radical (unpaired) electrons. The summed E-state index contributed by atoms with van der Waals surface area (Å²) in [5.74, 6) is -0.0778. The molecule has 2 aliphatic rings. The fourth-order valence-electron chi connectivity index (χ4n) is 5.77. The zero-order chi connectivity index (χ0) is 32.3. The number of aldehydes is 1. The van der Waals surface area contributed by atoms with Crippen LogP contribution in [0.4, 0.5) is 5.69 Å². The molecule has 6 rings (SSSR count). The number of carbonyl (C=O) groups is 3. The van der Waals surface area contributed by atoms with E-state index in [9.17, 15) is 24.6 Å². The van der Waals surface area contributed by atoms with Gasteiger partial charge < -0.3 is 35.6 Å². The van der Waals surface area contributed by atoms with Crippen molar-refractivity contribution in [3.8, 4) is 23.0 Å². The number of anilines is 1. The maximum absolute atomic E-state index is 13.2. The summed E-state index contributed by atoms with van der Waals surface area (Å²) in [7, 11) is 0. The number of thiocarbonyl (C=S) groups is 1. The summed E-state index contributed by atoms with van der Waals surface area (Å²) in [6.07, 6.45) is 4.36. The monoisotopic (exact) mass is 637 g/mol. The molecule has 0 atom stereocenters. The van der Waals surface area contributed by atoms with Gasteiger partial charge in [-0.3, -0.25) is 9.59 Å². The average Bonchev–Trinajstić information content (AvgIpc) is 3.33. The van der Waals surface area contributed by atoms with Crippen molar-refractivity contribution in [3.63, 3.8) is 0 Å². The molecule has 0 aliphatic carbocycles. The Morgan fingerprint density at radius 3 is 2.04 bits per heavy atom. The quantitative estimate of drug-likeness (QED) is 0.0630. The number of fused-ring (bicyclic) bond motifs is 6. The van der Waals surface area contributed by atoms with Gasteiger partial charge in [-0.1, -0.05) is 25.0 Å². The molecule has 11 heteroatoms. The lowest BCUT2D eigenvalue weighted by atomic mass is 9.77. The van der Waals surface area contributed by atoms with E-state index in [0.29, 0.717) is 68.8 Å². The molecule has 4 aromatic carbocycles. The van der Waals surface area contributed by atoms with E-state index in [1.165, 1.54) is 24.3 Å². The Morgan fingerprint density at radius 2 is 1.41 bits per heavy atom. The summed E-state index contributed by atoms with van der Waals surface area (Å²) in [6.45, 7) is 1.22. The second-order valence-corrected chi connectivity index (χ2v) is 11.5. The van der Waals surface area contributed by atoms with Gasteiger partial charge in [0.15, 0.2) is 10.7 Å². The van der Waals surface area contributed by atoms with Crippen LogP contribution in [-0.2, 0) is 10.3 Å². The molecule has 0 unspecified atom stereocenters. The first-order valence-electron chi connectivity index (χ1n) is 14.9. The summed E-state index contributed by atoms with van der Waals surface area (Å²) >= 11 is 5.54. The molecule has 2 heterocycles. The van der Waals surface area contributed by atoms with Crippen molar-refractivity contribution in [2.24, 2.45) is 0 Å². The van der Waals surface area contributed by atoms with Crippen LogP contribution in [0.25, 0.3) is 0 Å². The fraction of sp³-hybridized carbons (Fsp3) is 0.200. The van der Waals surface area contributed by atoms with Gasteiger partial charge in [0.1, 0.15) is 29.3 Å². The normalized spacial score (nSPS) is 13.4. The Balaban J connectivity index is 1.05. The number of rotatable bonds is 10. The van der Waals surface area contributed by atoms with E-state index in [2.05, 4.69) is 16.0 Å². The van der Waals surface area contributed by atoms with Crippen LogP contribution in [-0.4, -0.2) is 46.6 Å². The molecule has 0 saturated carbocycles. The summed E-state index contributed by atoms with van der Waals surface area (Å²) < 4.78 is 12.1. The van der Waals surface area contributed by atoms with E-state index in [-0.39, 0.29) is 17.4 Å². The SMILES string of the molecule is O=Cc1ccc(C(=O)NCCCCCCNC(=S)Nc2ccc3c(c2)C2(OC3=O)c3ccc(O)cc3Oc3cc(O)ccc32)cc1. The topological polar surface area (TPSA) is 146 Å². The third kappa shape index (κ3) is 5.96. The fourth-order valence-corrected chi connectivity index (χ4v) is 5.99. The predicted molar refractivity (Wildman–Crippen MR) is 175 cm³/mol. The van der Waals surface area contributed by atoms with E-state index in [0.717, 1.165) is 32.0 Å². The van der Waals surface area contributed by atoms with Crippen LogP contribution in [0.2, 0.25) is 0 Å². The molecule has 0 fully saturated rings. The number of unbranched alkanes of at least 4 members (excludes halogenated alkanes) is 3. The lowest BCUT2D eigenvalue weighted by molar-refractivity contribution is 0.0224. The number of hydrogen-bond acceptors (Lipinski definition) is 8. The van der Waals surface area contributed by atoms with Gasteiger partial charge in [0.2, 0.25) is 0 Å². The molecular formula is C35H31N3O7S. The van der Waals surface area contributed by atoms with Crippen molar-refractivity contribution in [3.05, 3.63) is 112 Å². The molecule has 4 aromatic rings. The van der Waals surface area contributed by atoms with Crippen LogP contribution in [0.15, 0.2) is 78.9 Å². The number of carbonyl (C=O) groups excluding carboxylic acids is 3. The van der Waals surface area contributed by atoms with Crippen LogP contribution >= 0.6 is 12.2 Å². The number of phenolic OH excluding ortho intramolecular Hbond substituents is 2. The number of phenols is 2. The Labute approximate surface area is 270 Å². The minimum absolute atomic E-state index is 0.0143. The maximum Gasteiger partial charge on any atom is 0.340 e. The van der Waals surface area contributed by atoms with Crippen molar-refractivity contribution in [2.75, 3.05) is 18.4 Å². The van der Waals surface area contributed by atoms with E-state index >= 15 is 0 Å². The van der Waals surface area contributed by atoms with Gasteiger partial charge in [0.25, 0.3) is 5.91 Å². The van der Waals surface area contributed by atoms with E-state index in [4.69, 9.17) is 21.7 Å². The number of ether oxygens (including phenoxy) is 2. The van der Waals surface area contributed by atoms with Crippen LogP contribution < -0.4 is 20.7 Å². The Morgan fingerprint density at radius 1 is 0.783 bits per heavy atom. The molecule has 10 nitrogen and oxygen atoms in total. The van der Waals surface area contributed by atoms with Crippen molar-refractivity contribution in [1.82, 2.24) is 10.6 Å². The van der Waals surface area contributed by atoms with Gasteiger partial charge in [-0.25, -0.2) is 4.79 Å². The molecule has 46 heavy (non-hydrogen) atoms. The molecule has 0 aromatic heterocycles. The first kappa shape index (κ1) is 30.6. The highest BCUT2D eigenvalue weighted by Crippen LogP contribution is 2.57. The van der Waals surface area contributed by atoms with Crippen LogP contribution in [0.5, 0.6) is 23.0 Å². The van der Waals surface area contributed by atoms with E-state index in [1.807, 2.05) is 6.07 Å². The molecule has 0 saturated heterocycles. The number of esters is 1. The van der Waals surface area contributed by atoms with Crippen LogP contribution in [0.1, 0.15) is 73.4 Å². The Hall–Kier alpha value is -5.42. The third-order valence-electron chi connectivity index (χ3n) is 8.01. The number of nitrogens with one attached hydrogen (secondary N) is 3. The van der Waals surface area contributed by atoms with Crippen LogP contribution in [0.3, 0.4) is 0 Å². The lowest BCUT2D eigenvalue weighted by Gasteiger charge is -2.36. The third-order valence-corrected chi connectivity index (χ3v) is 8.26. The van der Waals surface area contributed by atoms with Gasteiger partial charge in [-0.05, 0) is 79.7 Å². The highest BCUT2D eigenvalue weighted by Gasteiger charge is 2.53. The summed E-state index contributed by atoms with van der Waals surface area (Å²) in [5.41, 5.74) is 2.40. The average molecular weight is 638 g/mol. The number of amides is 1. The van der Waals surface area contributed by atoms with Crippen molar-refractivity contribution < 1.29 is 34.1 Å². The van der Waals surface area contributed by atoms with Gasteiger partial charge in [0, 0.05) is 58.7 Å². The molecular weight excluding hydrogens is 606 g/mol. The number of benzene rings is 4. The highest BCUT2D eigenvalue weighted by atomic mass is 32.1. The maximum atomic E-state index is 13.2. The molecule has 1 amide bonds. The zero-order valence-electron chi connectivity index (χ0n) is 24.7. The van der Waals surface area contributed by atoms with Gasteiger partial charge in [-0.2, -0.15) is 0 Å². The zero-order valence-corrected chi connectivity index (χ0v) is 25.5. The molecule has 234 valence electrons. The molecule has 5 N–H and O–H groups in total. The summed E-state index contributed by atoms with van der Waals surface area (Å²) in [6, 6.07) is 21.0. The molecule has 2 aliphatic heterocycles. The van der Waals surface area contributed by atoms with Gasteiger partial charge >= 0.3 is 5.97 Å².